The maximum absolute atomic E-state index is 12.3. The van der Waals surface area contributed by atoms with Gasteiger partial charge in [0.25, 0.3) is 0 Å². The molecule has 25 heavy (non-hydrogen) atoms. The van der Waals surface area contributed by atoms with Crippen molar-refractivity contribution in [2.75, 3.05) is 7.11 Å². The van der Waals surface area contributed by atoms with Gasteiger partial charge in [0.05, 0.1) is 7.11 Å². The van der Waals surface area contributed by atoms with E-state index in [0.29, 0.717) is 17.4 Å². The van der Waals surface area contributed by atoms with Gasteiger partial charge in [-0.3, -0.25) is 4.79 Å². The Hall–Kier alpha value is -2.11. The predicted octanol–water partition coefficient (Wildman–Crippen LogP) is 4.25. The van der Waals surface area contributed by atoms with Crippen LogP contribution in [0.2, 0.25) is 0 Å². The topological polar surface area (TPSA) is 47.6 Å². The van der Waals surface area contributed by atoms with E-state index in [-0.39, 0.29) is 23.4 Å². The average molecular weight is 353 g/mol. The van der Waals surface area contributed by atoms with Crippen molar-refractivity contribution in [1.82, 2.24) is 5.32 Å². The zero-order valence-electron chi connectivity index (χ0n) is 14.8. The summed E-state index contributed by atoms with van der Waals surface area (Å²) in [6.07, 6.45) is 6.41. The third-order valence-corrected chi connectivity index (χ3v) is 4.87. The van der Waals surface area contributed by atoms with E-state index in [1.54, 1.807) is 18.2 Å². The van der Waals surface area contributed by atoms with Gasteiger partial charge in [0, 0.05) is 12.1 Å². The van der Waals surface area contributed by atoms with Crippen molar-refractivity contribution < 1.29 is 23.0 Å². The van der Waals surface area contributed by atoms with Crippen LogP contribution in [0.15, 0.2) is 24.3 Å². The molecule has 138 valence electrons. The van der Waals surface area contributed by atoms with Crippen LogP contribution in [-0.2, 0) is 4.79 Å². The monoisotopic (exact) mass is 353 g/mol. The third kappa shape index (κ3) is 5.44. The molecule has 0 spiro atoms. The summed E-state index contributed by atoms with van der Waals surface area (Å²) in [5.74, 6) is 1.06. The van der Waals surface area contributed by atoms with Crippen molar-refractivity contribution in [2.45, 2.75) is 45.8 Å². The summed E-state index contributed by atoms with van der Waals surface area (Å²) in [7, 11) is 1.37. The first-order valence-corrected chi connectivity index (χ1v) is 8.52. The van der Waals surface area contributed by atoms with E-state index in [1.165, 1.54) is 25.7 Å². The lowest BCUT2D eigenvalue weighted by Gasteiger charge is -2.34. The molecule has 0 saturated heterocycles. The lowest BCUT2D eigenvalue weighted by Crippen LogP contribution is -2.43. The molecule has 1 aliphatic rings. The number of methoxy groups -OCH3 is 1. The van der Waals surface area contributed by atoms with Gasteiger partial charge in [0.2, 0.25) is 5.91 Å². The summed E-state index contributed by atoms with van der Waals surface area (Å²) >= 11 is 0. The SMILES string of the molecule is COc1cc(/C=C/C(=O)NC2CCCC(C)C2C)ccc1OC(F)F. The number of ether oxygens (including phenoxy) is 2. The second-order valence-electron chi connectivity index (χ2n) is 6.50. The lowest BCUT2D eigenvalue weighted by molar-refractivity contribution is -0.117. The number of rotatable bonds is 6. The number of nitrogens with one attached hydrogen (secondary N) is 1. The number of carbonyl (C=O) groups excluding carboxylic acids is 1. The Morgan fingerprint density at radius 1 is 1.28 bits per heavy atom. The fraction of sp³-hybridized carbons (Fsp3) is 0.526. The van der Waals surface area contributed by atoms with Crippen molar-refractivity contribution in [3.05, 3.63) is 29.8 Å². The molecule has 0 heterocycles. The Morgan fingerprint density at radius 2 is 2.04 bits per heavy atom. The van der Waals surface area contributed by atoms with E-state index in [1.807, 2.05) is 0 Å². The Balaban J connectivity index is 1.99. The number of halogens is 2. The maximum atomic E-state index is 12.3. The van der Waals surface area contributed by atoms with Gasteiger partial charge in [-0.2, -0.15) is 8.78 Å². The second-order valence-corrected chi connectivity index (χ2v) is 6.50. The van der Waals surface area contributed by atoms with E-state index < -0.39 is 6.61 Å². The molecular weight excluding hydrogens is 328 g/mol. The minimum atomic E-state index is -2.92. The van der Waals surface area contributed by atoms with Crippen molar-refractivity contribution in [3.8, 4) is 11.5 Å². The quantitative estimate of drug-likeness (QED) is 0.778. The van der Waals surface area contributed by atoms with E-state index in [4.69, 9.17) is 4.74 Å². The van der Waals surface area contributed by atoms with E-state index >= 15 is 0 Å². The molecule has 1 fully saturated rings. The number of amides is 1. The molecule has 4 nitrogen and oxygen atoms in total. The molecule has 1 saturated carbocycles. The van der Waals surface area contributed by atoms with Crippen LogP contribution in [0.25, 0.3) is 6.08 Å². The smallest absolute Gasteiger partial charge is 0.387 e. The van der Waals surface area contributed by atoms with Crippen LogP contribution in [0.1, 0.15) is 38.7 Å². The third-order valence-electron chi connectivity index (χ3n) is 4.87. The highest BCUT2D eigenvalue weighted by Gasteiger charge is 2.27. The summed E-state index contributed by atoms with van der Waals surface area (Å²) in [6, 6.07) is 4.73. The molecular formula is C19H25F2NO3. The fourth-order valence-electron chi connectivity index (χ4n) is 3.17. The zero-order chi connectivity index (χ0) is 18.4. The number of carbonyl (C=O) groups is 1. The van der Waals surface area contributed by atoms with Gasteiger partial charge >= 0.3 is 6.61 Å². The van der Waals surface area contributed by atoms with Gasteiger partial charge in [-0.15, -0.1) is 0 Å². The molecule has 0 aliphatic heterocycles. The van der Waals surface area contributed by atoms with Crippen LogP contribution in [-0.4, -0.2) is 25.7 Å². The number of alkyl halides is 2. The van der Waals surface area contributed by atoms with Gasteiger partial charge < -0.3 is 14.8 Å². The largest absolute Gasteiger partial charge is 0.493 e. The molecule has 2 rings (SSSR count). The molecule has 1 aromatic carbocycles. The molecule has 6 heteroatoms. The Morgan fingerprint density at radius 3 is 2.72 bits per heavy atom. The van der Waals surface area contributed by atoms with Gasteiger partial charge in [0.15, 0.2) is 11.5 Å². The summed E-state index contributed by atoms with van der Waals surface area (Å²) < 4.78 is 34.1. The number of hydrogen-bond acceptors (Lipinski definition) is 3. The molecule has 1 aromatic rings. The van der Waals surface area contributed by atoms with Crippen LogP contribution < -0.4 is 14.8 Å². The molecule has 1 aliphatic carbocycles. The predicted molar refractivity (Wildman–Crippen MR) is 92.8 cm³/mol. The van der Waals surface area contributed by atoms with Crippen LogP contribution in [0, 0.1) is 11.8 Å². The summed E-state index contributed by atoms with van der Waals surface area (Å²) in [5, 5.41) is 3.05. The Kier molecular flexibility index (Phi) is 6.79. The van der Waals surface area contributed by atoms with E-state index in [9.17, 15) is 13.6 Å². The van der Waals surface area contributed by atoms with Crippen LogP contribution >= 0.6 is 0 Å². The van der Waals surface area contributed by atoms with Crippen LogP contribution in [0.3, 0.4) is 0 Å². The Labute approximate surface area is 147 Å². The molecule has 1 amide bonds. The molecule has 3 unspecified atom stereocenters. The first-order chi connectivity index (χ1) is 11.9. The number of benzene rings is 1. The average Bonchev–Trinajstić information content (AvgIpc) is 2.57. The normalized spacial score (nSPS) is 23.7. The molecule has 0 aromatic heterocycles. The highest BCUT2D eigenvalue weighted by Crippen LogP contribution is 2.30. The van der Waals surface area contributed by atoms with Gasteiger partial charge in [-0.25, -0.2) is 0 Å². The van der Waals surface area contributed by atoms with Crippen molar-refractivity contribution in [1.29, 1.82) is 0 Å². The molecule has 3 atom stereocenters. The summed E-state index contributed by atoms with van der Waals surface area (Å²) in [6.45, 7) is 1.47. The lowest BCUT2D eigenvalue weighted by atomic mass is 9.78. The van der Waals surface area contributed by atoms with Gasteiger partial charge in [-0.05, 0) is 42.0 Å². The van der Waals surface area contributed by atoms with Crippen LogP contribution in [0.4, 0.5) is 8.78 Å². The minimum Gasteiger partial charge on any atom is -0.493 e. The van der Waals surface area contributed by atoms with E-state index in [2.05, 4.69) is 23.9 Å². The Bertz CT molecular complexity index is 619. The molecule has 1 N–H and O–H groups in total. The maximum Gasteiger partial charge on any atom is 0.387 e. The fourth-order valence-corrected chi connectivity index (χ4v) is 3.17. The molecule has 0 radical (unpaired) electrons. The zero-order valence-corrected chi connectivity index (χ0v) is 14.8. The summed E-state index contributed by atoms with van der Waals surface area (Å²) in [4.78, 5) is 12.2. The van der Waals surface area contributed by atoms with E-state index in [0.717, 1.165) is 12.8 Å². The van der Waals surface area contributed by atoms with Crippen molar-refractivity contribution in [3.63, 3.8) is 0 Å². The standard InChI is InChI=1S/C19H25F2NO3/c1-12-5-4-6-15(13(12)2)22-18(23)10-8-14-7-9-16(25-19(20)21)17(11-14)24-3/h7-13,15,19H,4-6H2,1-3H3,(H,22,23)/b10-8+. The van der Waals surface area contributed by atoms with Gasteiger partial charge in [0.1, 0.15) is 0 Å². The number of hydrogen-bond donors (Lipinski definition) is 1. The van der Waals surface area contributed by atoms with Gasteiger partial charge in [-0.1, -0.05) is 32.8 Å². The van der Waals surface area contributed by atoms with Crippen molar-refractivity contribution in [2.24, 2.45) is 11.8 Å². The highest BCUT2D eigenvalue weighted by atomic mass is 19.3. The first kappa shape index (κ1) is 19.2. The first-order valence-electron chi connectivity index (χ1n) is 8.52. The minimum absolute atomic E-state index is 0.0379. The van der Waals surface area contributed by atoms with Crippen molar-refractivity contribution >= 4 is 12.0 Å². The highest BCUT2D eigenvalue weighted by molar-refractivity contribution is 5.92. The molecule has 0 bridgehead atoms. The van der Waals surface area contributed by atoms with Crippen LogP contribution in [0.5, 0.6) is 11.5 Å². The second kappa shape index (κ2) is 8.83. The summed E-state index contributed by atoms with van der Waals surface area (Å²) in [5.41, 5.74) is 0.665.